The molecule has 178 valence electrons. The Hall–Kier alpha value is -3.01. The van der Waals surface area contributed by atoms with Crippen LogP contribution >= 0.6 is 11.3 Å². The number of hydrogen-bond donors (Lipinski definition) is 2. The zero-order valence-electron chi connectivity index (χ0n) is 18.9. The van der Waals surface area contributed by atoms with Gasteiger partial charge in [-0.2, -0.15) is 0 Å². The normalized spacial score (nSPS) is 16.3. The highest BCUT2D eigenvalue weighted by molar-refractivity contribution is 7.89. The van der Waals surface area contributed by atoms with E-state index in [-0.39, 0.29) is 29.2 Å². The van der Waals surface area contributed by atoms with Gasteiger partial charge in [0.25, 0.3) is 11.8 Å². The molecule has 9 heteroatoms. The maximum atomic E-state index is 13.0. The van der Waals surface area contributed by atoms with E-state index < -0.39 is 10.0 Å². The predicted octanol–water partition coefficient (Wildman–Crippen LogP) is 4.14. The number of anilines is 1. The van der Waals surface area contributed by atoms with Gasteiger partial charge in [0.15, 0.2) is 0 Å². The van der Waals surface area contributed by atoms with Crippen molar-refractivity contribution in [2.45, 2.75) is 24.7 Å². The maximum Gasteiger partial charge on any atom is 0.265 e. The third kappa shape index (κ3) is 5.91. The minimum atomic E-state index is -3.58. The summed E-state index contributed by atoms with van der Waals surface area (Å²) in [4.78, 5) is 27.8. The number of likely N-dealkylation sites (tertiary alicyclic amines) is 1. The highest BCUT2D eigenvalue weighted by atomic mass is 32.2. The Kier molecular flexibility index (Phi) is 7.45. The van der Waals surface area contributed by atoms with E-state index in [4.69, 9.17) is 0 Å². The Bertz CT molecular complexity index is 1240. The van der Waals surface area contributed by atoms with Gasteiger partial charge >= 0.3 is 0 Å². The van der Waals surface area contributed by atoms with E-state index >= 15 is 0 Å². The number of carbonyl (C=O) groups is 2. The number of sulfonamides is 1. The molecule has 4 rings (SSSR count). The summed E-state index contributed by atoms with van der Waals surface area (Å²) in [5.74, 6) is -0.231. The quantitative estimate of drug-likeness (QED) is 0.513. The number of carbonyl (C=O) groups excluding carboxylic acids is 2. The van der Waals surface area contributed by atoms with E-state index in [0.29, 0.717) is 29.2 Å². The van der Waals surface area contributed by atoms with Gasteiger partial charge in [0.1, 0.15) is 0 Å². The molecule has 1 unspecified atom stereocenters. The average molecular weight is 498 g/mol. The smallest absolute Gasteiger partial charge is 0.265 e. The van der Waals surface area contributed by atoms with Crippen LogP contribution in [0.3, 0.4) is 0 Å². The number of aryl methyl sites for hydroxylation is 1. The number of nitrogens with zero attached hydrogens (tertiary/aromatic N) is 1. The molecule has 1 atom stereocenters. The molecule has 1 aliphatic rings. The van der Waals surface area contributed by atoms with Gasteiger partial charge in [-0.1, -0.05) is 23.8 Å². The molecule has 34 heavy (non-hydrogen) atoms. The van der Waals surface area contributed by atoms with Gasteiger partial charge < -0.3 is 10.2 Å². The number of thiophene rings is 1. The van der Waals surface area contributed by atoms with Crippen LogP contribution in [0.2, 0.25) is 0 Å². The molecule has 1 fully saturated rings. The first-order chi connectivity index (χ1) is 16.3. The Balaban J connectivity index is 1.33. The Morgan fingerprint density at radius 3 is 2.47 bits per heavy atom. The first-order valence-corrected chi connectivity index (χ1v) is 13.5. The van der Waals surface area contributed by atoms with E-state index in [1.54, 1.807) is 59.5 Å². The van der Waals surface area contributed by atoms with E-state index in [1.165, 1.54) is 11.3 Å². The third-order valence-corrected chi connectivity index (χ3v) is 8.14. The molecule has 0 radical (unpaired) electrons. The molecule has 2 amide bonds. The van der Waals surface area contributed by atoms with Crippen molar-refractivity contribution in [1.82, 2.24) is 9.62 Å². The van der Waals surface area contributed by atoms with E-state index in [2.05, 4.69) is 10.0 Å². The highest BCUT2D eigenvalue weighted by Crippen LogP contribution is 2.21. The summed E-state index contributed by atoms with van der Waals surface area (Å²) in [6, 6.07) is 17.2. The standard InChI is InChI=1S/C25H27N3O4S2/c1-18-6-12-22(13-7-18)34(31,32)26-16-19-4-2-14-28(17-19)25(30)20-8-10-21(11-9-20)27-24(29)23-5-3-15-33-23/h3,5-13,15,19,26H,2,4,14,16-17H2,1H3,(H,27,29). The summed E-state index contributed by atoms with van der Waals surface area (Å²) < 4.78 is 27.9. The highest BCUT2D eigenvalue weighted by Gasteiger charge is 2.26. The molecule has 0 bridgehead atoms. The molecule has 1 aliphatic heterocycles. The average Bonchev–Trinajstić information content (AvgIpc) is 3.39. The summed E-state index contributed by atoms with van der Waals surface area (Å²) in [5, 5.41) is 4.67. The van der Waals surface area contributed by atoms with Crippen molar-refractivity contribution in [2.24, 2.45) is 5.92 Å². The van der Waals surface area contributed by atoms with Crippen molar-refractivity contribution in [3.63, 3.8) is 0 Å². The number of piperidine rings is 1. The van der Waals surface area contributed by atoms with Crippen LogP contribution in [0, 0.1) is 12.8 Å². The van der Waals surface area contributed by atoms with Crippen molar-refractivity contribution < 1.29 is 18.0 Å². The number of amides is 2. The molecule has 2 N–H and O–H groups in total. The second-order valence-corrected chi connectivity index (χ2v) is 11.1. The number of benzene rings is 2. The lowest BCUT2D eigenvalue weighted by atomic mass is 9.97. The summed E-state index contributed by atoms with van der Waals surface area (Å²) >= 11 is 1.37. The fourth-order valence-corrected chi connectivity index (χ4v) is 5.66. The molecule has 0 aliphatic carbocycles. The van der Waals surface area contributed by atoms with Gasteiger partial charge in [-0.05, 0) is 73.5 Å². The van der Waals surface area contributed by atoms with Crippen LogP contribution in [0.1, 0.15) is 38.4 Å². The van der Waals surface area contributed by atoms with Crippen LogP contribution in [0.25, 0.3) is 0 Å². The summed E-state index contributed by atoms with van der Waals surface area (Å²) in [5.41, 5.74) is 2.16. The number of rotatable bonds is 7. The van der Waals surface area contributed by atoms with Crippen molar-refractivity contribution in [3.8, 4) is 0 Å². The minimum absolute atomic E-state index is 0.0438. The largest absolute Gasteiger partial charge is 0.338 e. The number of hydrogen-bond acceptors (Lipinski definition) is 5. The fraction of sp³-hybridized carbons (Fsp3) is 0.280. The maximum absolute atomic E-state index is 13.0. The van der Waals surface area contributed by atoms with E-state index in [1.807, 2.05) is 18.4 Å². The SMILES string of the molecule is Cc1ccc(S(=O)(=O)NCC2CCCN(C(=O)c3ccc(NC(=O)c4cccs4)cc3)C2)cc1. The Labute approximate surface area is 203 Å². The Morgan fingerprint density at radius 1 is 1.06 bits per heavy atom. The first-order valence-electron chi connectivity index (χ1n) is 11.1. The van der Waals surface area contributed by atoms with Crippen molar-refractivity contribution in [3.05, 3.63) is 82.0 Å². The lowest BCUT2D eigenvalue weighted by Crippen LogP contribution is -2.43. The van der Waals surface area contributed by atoms with E-state index in [0.717, 1.165) is 18.4 Å². The van der Waals surface area contributed by atoms with Gasteiger partial charge in [-0.25, -0.2) is 13.1 Å². The zero-order chi connectivity index (χ0) is 24.1. The number of nitrogens with one attached hydrogen (secondary N) is 2. The van der Waals surface area contributed by atoms with E-state index in [9.17, 15) is 18.0 Å². The molecule has 7 nitrogen and oxygen atoms in total. The summed E-state index contributed by atoms with van der Waals surface area (Å²) in [7, 11) is -3.58. The van der Waals surface area contributed by atoms with Crippen LogP contribution in [0.4, 0.5) is 5.69 Å². The van der Waals surface area contributed by atoms with Gasteiger partial charge in [-0.3, -0.25) is 9.59 Å². The second kappa shape index (κ2) is 10.5. The van der Waals surface area contributed by atoms with Crippen LogP contribution in [0.5, 0.6) is 0 Å². The van der Waals surface area contributed by atoms with Crippen molar-refractivity contribution in [1.29, 1.82) is 0 Å². The minimum Gasteiger partial charge on any atom is -0.338 e. The molecule has 1 saturated heterocycles. The van der Waals surface area contributed by atoms with Crippen LogP contribution < -0.4 is 10.0 Å². The molecule has 1 aromatic heterocycles. The zero-order valence-corrected chi connectivity index (χ0v) is 20.5. The van der Waals surface area contributed by atoms with Crippen LogP contribution in [0.15, 0.2) is 70.9 Å². The topological polar surface area (TPSA) is 95.6 Å². The molecule has 3 aromatic rings. The van der Waals surface area contributed by atoms with Gasteiger partial charge in [-0.15, -0.1) is 11.3 Å². The molecule has 2 heterocycles. The fourth-order valence-electron chi connectivity index (χ4n) is 3.92. The van der Waals surface area contributed by atoms with Crippen LogP contribution in [-0.2, 0) is 10.0 Å². The molecule has 0 saturated carbocycles. The lowest BCUT2D eigenvalue weighted by Gasteiger charge is -2.33. The van der Waals surface area contributed by atoms with Gasteiger partial charge in [0.2, 0.25) is 10.0 Å². The van der Waals surface area contributed by atoms with Crippen LogP contribution in [-0.4, -0.2) is 44.8 Å². The molecular formula is C25H27N3O4S2. The third-order valence-electron chi connectivity index (χ3n) is 5.83. The molecule has 0 spiro atoms. The summed E-state index contributed by atoms with van der Waals surface area (Å²) in [6.45, 7) is 3.32. The van der Waals surface area contributed by atoms with Gasteiger partial charge in [0, 0.05) is 30.9 Å². The van der Waals surface area contributed by atoms with Crippen molar-refractivity contribution in [2.75, 3.05) is 25.0 Å². The first kappa shape index (κ1) is 24.1. The molecular weight excluding hydrogens is 470 g/mol. The van der Waals surface area contributed by atoms with Gasteiger partial charge in [0.05, 0.1) is 9.77 Å². The molecule has 2 aromatic carbocycles. The Morgan fingerprint density at radius 2 is 1.79 bits per heavy atom. The predicted molar refractivity (Wildman–Crippen MR) is 134 cm³/mol. The lowest BCUT2D eigenvalue weighted by molar-refractivity contribution is 0.0676. The monoisotopic (exact) mass is 497 g/mol. The van der Waals surface area contributed by atoms with Crippen molar-refractivity contribution >= 4 is 38.9 Å². The summed E-state index contributed by atoms with van der Waals surface area (Å²) in [6.07, 6.45) is 1.67. The second-order valence-electron chi connectivity index (χ2n) is 8.43.